The van der Waals surface area contributed by atoms with Gasteiger partial charge in [-0.25, -0.2) is 32.5 Å². The van der Waals surface area contributed by atoms with Gasteiger partial charge in [-0.05, 0) is 55.7 Å². The number of ether oxygens (including phenoxy) is 2. The Kier molecular flexibility index (Phi) is 10.2. The number of nitriles is 1. The summed E-state index contributed by atoms with van der Waals surface area (Å²) in [5.41, 5.74) is -1.06. The van der Waals surface area contributed by atoms with Gasteiger partial charge in [0.2, 0.25) is 0 Å². The number of urea groups is 2. The maximum atomic E-state index is 14.2. The normalized spacial score (nSPS) is 25.5. The zero-order valence-electron chi connectivity index (χ0n) is 23.7. The number of carbonyl (C=O) groups excluding carboxylic acids is 3. The molecule has 1 fully saturated rings. The SMILES string of the molecule is COCC1=C(C(=O)OC)[C@H](c2ccc(F)c(F)c2)N(C(=O)NCCNC2CCNC(C3(C#N)C=CC(F)=CC3)C2)C(=O)N1. The summed E-state index contributed by atoms with van der Waals surface area (Å²) in [7, 11) is 2.44. The van der Waals surface area contributed by atoms with E-state index in [1.54, 1.807) is 6.08 Å². The number of imide groups is 1. The molecule has 43 heavy (non-hydrogen) atoms. The lowest BCUT2D eigenvalue weighted by Crippen LogP contribution is -2.56. The summed E-state index contributed by atoms with van der Waals surface area (Å²) in [4.78, 5) is 40.0. The van der Waals surface area contributed by atoms with Crippen LogP contribution in [0.15, 0.2) is 53.5 Å². The van der Waals surface area contributed by atoms with Crippen molar-refractivity contribution in [1.82, 2.24) is 26.2 Å². The molecule has 3 aliphatic rings. The molecule has 4 amide bonds. The second-order valence-corrected chi connectivity index (χ2v) is 10.4. The average molecular weight is 603 g/mol. The van der Waals surface area contributed by atoms with Crippen LogP contribution in [0.25, 0.3) is 0 Å². The van der Waals surface area contributed by atoms with Gasteiger partial charge in [0, 0.05) is 32.3 Å². The van der Waals surface area contributed by atoms with Gasteiger partial charge in [-0.1, -0.05) is 12.1 Å². The molecule has 2 heterocycles. The van der Waals surface area contributed by atoms with Gasteiger partial charge in [-0.3, -0.25) is 0 Å². The Morgan fingerprint density at radius 3 is 2.65 bits per heavy atom. The quantitative estimate of drug-likeness (QED) is 0.250. The van der Waals surface area contributed by atoms with E-state index in [-0.39, 0.29) is 54.3 Å². The molecule has 3 unspecified atom stereocenters. The maximum absolute atomic E-state index is 14.2. The van der Waals surface area contributed by atoms with Crippen molar-refractivity contribution in [2.24, 2.45) is 5.41 Å². The molecule has 1 saturated heterocycles. The van der Waals surface area contributed by atoms with Gasteiger partial charge in [0.05, 0.1) is 36.5 Å². The average Bonchev–Trinajstić information content (AvgIpc) is 3.01. The summed E-state index contributed by atoms with van der Waals surface area (Å²) in [6.45, 7) is 0.781. The van der Waals surface area contributed by atoms with Crippen molar-refractivity contribution in [1.29, 1.82) is 5.26 Å². The fraction of sp³-hybridized carbons (Fsp3) is 0.448. The summed E-state index contributed by atoms with van der Waals surface area (Å²) in [5, 5.41) is 21.6. The highest BCUT2D eigenvalue weighted by molar-refractivity contribution is 6.01. The van der Waals surface area contributed by atoms with E-state index in [0.717, 1.165) is 25.7 Å². The molecular formula is C29H33F3N6O5. The van der Waals surface area contributed by atoms with Crippen molar-refractivity contribution in [2.75, 3.05) is 40.5 Å². The fourth-order valence-electron chi connectivity index (χ4n) is 5.55. The molecule has 0 bridgehead atoms. The molecule has 0 spiro atoms. The Balaban J connectivity index is 1.45. The van der Waals surface area contributed by atoms with Gasteiger partial charge in [0.15, 0.2) is 11.6 Å². The van der Waals surface area contributed by atoms with Crippen LogP contribution in [0.1, 0.15) is 30.9 Å². The summed E-state index contributed by atoms with van der Waals surface area (Å²) in [5.74, 6) is -3.64. The van der Waals surface area contributed by atoms with Crippen LogP contribution in [0.3, 0.4) is 0 Å². The molecule has 0 saturated carbocycles. The number of halogens is 3. The van der Waals surface area contributed by atoms with Crippen molar-refractivity contribution in [3.63, 3.8) is 0 Å². The number of hydrogen-bond acceptors (Lipinski definition) is 8. The van der Waals surface area contributed by atoms with E-state index >= 15 is 0 Å². The van der Waals surface area contributed by atoms with E-state index < -0.39 is 41.1 Å². The molecule has 230 valence electrons. The van der Waals surface area contributed by atoms with Gasteiger partial charge in [-0.2, -0.15) is 5.26 Å². The summed E-state index contributed by atoms with van der Waals surface area (Å²) in [6.07, 6.45) is 5.92. The number of allylic oxidation sites excluding steroid dienone is 3. The van der Waals surface area contributed by atoms with E-state index in [9.17, 15) is 32.8 Å². The van der Waals surface area contributed by atoms with Gasteiger partial charge < -0.3 is 30.7 Å². The Morgan fingerprint density at radius 1 is 1.21 bits per heavy atom. The first-order chi connectivity index (χ1) is 20.6. The topological polar surface area (TPSA) is 145 Å². The molecule has 1 aromatic carbocycles. The van der Waals surface area contributed by atoms with Gasteiger partial charge in [0.25, 0.3) is 0 Å². The first kappa shape index (κ1) is 31.7. The lowest BCUT2D eigenvalue weighted by molar-refractivity contribution is -0.137. The minimum Gasteiger partial charge on any atom is -0.466 e. The smallest absolute Gasteiger partial charge is 0.338 e. The lowest BCUT2D eigenvalue weighted by atomic mass is 9.72. The van der Waals surface area contributed by atoms with Crippen molar-refractivity contribution in [3.05, 3.63) is 70.7 Å². The van der Waals surface area contributed by atoms with Crippen LogP contribution in [0.5, 0.6) is 0 Å². The van der Waals surface area contributed by atoms with Gasteiger partial charge in [0.1, 0.15) is 11.9 Å². The second-order valence-electron chi connectivity index (χ2n) is 10.4. The van der Waals surface area contributed by atoms with Gasteiger partial charge in [-0.15, -0.1) is 0 Å². The molecule has 0 aromatic heterocycles. The number of carbonyl (C=O) groups is 3. The minimum atomic E-state index is -1.44. The number of nitrogens with zero attached hydrogens (tertiary/aromatic N) is 2. The molecule has 1 aromatic rings. The number of esters is 1. The lowest BCUT2D eigenvalue weighted by Gasteiger charge is -2.40. The maximum Gasteiger partial charge on any atom is 0.338 e. The third-order valence-corrected chi connectivity index (χ3v) is 7.75. The number of methoxy groups -OCH3 is 2. The molecule has 2 aliphatic heterocycles. The molecule has 14 heteroatoms. The van der Waals surface area contributed by atoms with Crippen molar-refractivity contribution in [2.45, 2.75) is 37.4 Å². The van der Waals surface area contributed by atoms with Crippen LogP contribution in [0.2, 0.25) is 0 Å². The highest BCUT2D eigenvalue weighted by Gasteiger charge is 2.43. The monoisotopic (exact) mass is 602 g/mol. The largest absolute Gasteiger partial charge is 0.466 e. The van der Waals surface area contributed by atoms with E-state index in [0.29, 0.717) is 24.4 Å². The van der Waals surface area contributed by atoms with Gasteiger partial charge >= 0.3 is 18.0 Å². The summed E-state index contributed by atoms with van der Waals surface area (Å²) < 4.78 is 51.5. The number of amides is 4. The summed E-state index contributed by atoms with van der Waals surface area (Å²) in [6, 6.07) is 1.68. The third-order valence-electron chi connectivity index (χ3n) is 7.75. The van der Waals surface area contributed by atoms with Crippen LogP contribution in [0, 0.1) is 28.4 Å². The van der Waals surface area contributed by atoms with Crippen LogP contribution in [-0.2, 0) is 14.3 Å². The number of benzene rings is 1. The van der Waals surface area contributed by atoms with Crippen LogP contribution in [0.4, 0.5) is 22.8 Å². The van der Waals surface area contributed by atoms with Crippen LogP contribution in [-0.4, -0.2) is 75.5 Å². The molecule has 4 N–H and O–H groups in total. The molecule has 4 rings (SSSR count). The summed E-state index contributed by atoms with van der Waals surface area (Å²) >= 11 is 0. The molecule has 0 radical (unpaired) electrons. The minimum absolute atomic E-state index is 0.00350. The zero-order chi connectivity index (χ0) is 31.1. The second kappa shape index (κ2) is 13.9. The van der Waals surface area contributed by atoms with E-state index in [1.807, 2.05) is 0 Å². The Bertz CT molecular complexity index is 1390. The molecular weight excluding hydrogens is 569 g/mol. The number of hydrogen-bond donors (Lipinski definition) is 4. The van der Waals surface area contributed by atoms with Crippen molar-refractivity contribution in [3.8, 4) is 6.07 Å². The molecule has 11 nitrogen and oxygen atoms in total. The number of piperidine rings is 1. The first-order valence-electron chi connectivity index (χ1n) is 13.7. The predicted molar refractivity (Wildman–Crippen MR) is 148 cm³/mol. The fourth-order valence-corrected chi connectivity index (χ4v) is 5.55. The highest BCUT2D eigenvalue weighted by Crippen LogP contribution is 2.37. The Hall–Kier alpha value is -4.19. The number of rotatable bonds is 9. The van der Waals surface area contributed by atoms with E-state index in [1.165, 1.54) is 25.3 Å². The van der Waals surface area contributed by atoms with E-state index in [4.69, 9.17) is 9.47 Å². The van der Waals surface area contributed by atoms with Crippen molar-refractivity contribution >= 4 is 18.0 Å². The molecule has 1 aliphatic carbocycles. The van der Waals surface area contributed by atoms with Crippen LogP contribution >= 0.6 is 0 Å². The third kappa shape index (κ3) is 6.90. The standard InChI is InChI=1S/C29H33F3N6O5/c1-42-15-22-24(26(39)43-2)25(17-3-4-20(31)21(32)13-17)38(28(41)37-22)27(40)36-12-11-34-19-7-10-35-23(14-19)29(16-33)8-5-18(30)6-9-29/h3-6,8,13,19,23,25,34-35H,7,9-12,14-15H2,1-2H3,(H,36,40)(H,37,41)/t19?,23?,25-,29?/m0/s1. The Labute approximate surface area is 246 Å². The first-order valence-corrected chi connectivity index (χ1v) is 13.7. The predicted octanol–water partition coefficient (Wildman–Crippen LogP) is 2.85. The highest BCUT2D eigenvalue weighted by atomic mass is 19.2. The number of nitrogens with one attached hydrogen (secondary N) is 4. The van der Waals surface area contributed by atoms with Crippen LogP contribution < -0.4 is 21.3 Å². The Morgan fingerprint density at radius 2 is 2.00 bits per heavy atom. The van der Waals surface area contributed by atoms with Crippen molar-refractivity contribution < 1.29 is 37.0 Å². The zero-order valence-corrected chi connectivity index (χ0v) is 23.7. The molecule has 4 atom stereocenters. The van der Waals surface area contributed by atoms with E-state index in [2.05, 4.69) is 27.3 Å².